The Morgan fingerprint density at radius 1 is 0.950 bits per heavy atom. The quantitative estimate of drug-likeness (QED) is 0.751. The molecule has 0 amide bonds. The molecule has 4 heteroatoms. The normalized spacial score (nSPS) is 10.6. The third-order valence-electron chi connectivity index (χ3n) is 3.02. The largest absolute Gasteiger partial charge is 0.491 e. The standard InChI is InChI=1S/C16H15BrF2O/c1-2-20-14-10-7-12(15(18)16(14)19)6-3-11-4-8-13(17)9-5-11/h4-5,7-10H,2-3,6H2,1H3. The van der Waals surface area contributed by atoms with Crippen LogP contribution in [0.4, 0.5) is 8.78 Å². The van der Waals surface area contributed by atoms with Crippen molar-refractivity contribution >= 4 is 15.9 Å². The van der Waals surface area contributed by atoms with Crippen molar-refractivity contribution in [1.82, 2.24) is 0 Å². The molecule has 0 saturated heterocycles. The van der Waals surface area contributed by atoms with E-state index in [0.717, 1.165) is 10.0 Å². The van der Waals surface area contributed by atoms with Crippen LogP contribution in [0.15, 0.2) is 40.9 Å². The smallest absolute Gasteiger partial charge is 0.200 e. The van der Waals surface area contributed by atoms with Gasteiger partial charge in [-0.1, -0.05) is 34.1 Å². The van der Waals surface area contributed by atoms with Crippen LogP contribution in [0.5, 0.6) is 5.75 Å². The highest BCUT2D eigenvalue weighted by Gasteiger charge is 2.14. The average molecular weight is 341 g/mol. The van der Waals surface area contributed by atoms with Crippen LogP contribution in [0.3, 0.4) is 0 Å². The minimum absolute atomic E-state index is 0.0302. The van der Waals surface area contributed by atoms with Gasteiger partial charge >= 0.3 is 0 Å². The second-order valence-electron chi connectivity index (χ2n) is 4.41. The Morgan fingerprint density at radius 2 is 1.65 bits per heavy atom. The van der Waals surface area contributed by atoms with Crippen molar-refractivity contribution in [2.75, 3.05) is 6.61 Å². The van der Waals surface area contributed by atoms with E-state index in [-0.39, 0.29) is 5.75 Å². The summed E-state index contributed by atoms with van der Waals surface area (Å²) in [6.07, 6.45) is 1.12. The van der Waals surface area contributed by atoms with Crippen molar-refractivity contribution in [1.29, 1.82) is 0 Å². The maximum absolute atomic E-state index is 13.9. The van der Waals surface area contributed by atoms with Crippen LogP contribution < -0.4 is 4.74 Å². The van der Waals surface area contributed by atoms with E-state index >= 15 is 0 Å². The third-order valence-corrected chi connectivity index (χ3v) is 3.55. The van der Waals surface area contributed by atoms with E-state index in [2.05, 4.69) is 15.9 Å². The van der Waals surface area contributed by atoms with Gasteiger partial charge in [-0.2, -0.15) is 4.39 Å². The van der Waals surface area contributed by atoms with Gasteiger partial charge in [0.25, 0.3) is 0 Å². The van der Waals surface area contributed by atoms with Crippen molar-refractivity contribution in [2.45, 2.75) is 19.8 Å². The van der Waals surface area contributed by atoms with Crippen molar-refractivity contribution in [3.05, 3.63) is 63.6 Å². The third kappa shape index (κ3) is 3.57. The van der Waals surface area contributed by atoms with E-state index in [1.165, 1.54) is 6.07 Å². The molecule has 0 aliphatic heterocycles. The Morgan fingerprint density at radius 3 is 2.30 bits per heavy atom. The highest BCUT2D eigenvalue weighted by molar-refractivity contribution is 9.10. The zero-order valence-corrected chi connectivity index (χ0v) is 12.7. The molecule has 0 atom stereocenters. The van der Waals surface area contributed by atoms with Gasteiger partial charge in [-0.3, -0.25) is 0 Å². The lowest BCUT2D eigenvalue weighted by atomic mass is 10.0. The highest BCUT2D eigenvalue weighted by Crippen LogP contribution is 2.24. The number of aryl methyl sites for hydroxylation is 2. The van der Waals surface area contributed by atoms with E-state index < -0.39 is 11.6 Å². The Labute approximate surface area is 125 Å². The van der Waals surface area contributed by atoms with Crippen LogP contribution >= 0.6 is 15.9 Å². The molecular formula is C16H15BrF2O. The first-order valence-electron chi connectivity index (χ1n) is 6.46. The van der Waals surface area contributed by atoms with Gasteiger partial charge < -0.3 is 4.74 Å². The van der Waals surface area contributed by atoms with E-state index in [0.29, 0.717) is 25.0 Å². The van der Waals surface area contributed by atoms with Gasteiger partial charge in [0.05, 0.1) is 6.61 Å². The molecule has 0 spiro atoms. The van der Waals surface area contributed by atoms with E-state index in [4.69, 9.17) is 4.74 Å². The van der Waals surface area contributed by atoms with Crippen LogP contribution in [-0.4, -0.2) is 6.61 Å². The van der Waals surface area contributed by atoms with Crippen LogP contribution in [0, 0.1) is 11.6 Å². The fourth-order valence-corrected chi connectivity index (χ4v) is 2.23. The Kier molecular flexibility index (Phi) is 5.12. The van der Waals surface area contributed by atoms with Crippen LogP contribution in [0.1, 0.15) is 18.1 Å². The van der Waals surface area contributed by atoms with Crippen LogP contribution in [-0.2, 0) is 12.8 Å². The molecular weight excluding hydrogens is 326 g/mol. The predicted octanol–water partition coefficient (Wildman–Crippen LogP) is 4.91. The molecule has 0 heterocycles. The van der Waals surface area contributed by atoms with E-state index in [9.17, 15) is 8.78 Å². The summed E-state index contributed by atoms with van der Waals surface area (Å²) >= 11 is 3.36. The number of halogens is 3. The van der Waals surface area contributed by atoms with Gasteiger partial charge in [0, 0.05) is 4.47 Å². The summed E-state index contributed by atoms with van der Waals surface area (Å²) in [5.74, 6) is -1.74. The molecule has 20 heavy (non-hydrogen) atoms. The molecule has 1 nitrogen and oxygen atoms in total. The summed E-state index contributed by atoms with van der Waals surface area (Å²) in [6.45, 7) is 2.05. The monoisotopic (exact) mass is 340 g/mol. The lowest BCUT2D eigenvalue weighted by Gasteiger charge is -2.09. The number of hydrogen-bond acceptors (Lipinski definition) is 1. The molecule has 2 aromatic carbocycles. The first-order chi connectivity index (χ1) is 9.61. The topological polar surface area (TPSA) is 9.23 Å². The van der Waals surface area contributed by atoms with Crippen LogP contribution in [0.2, 0.25) is 0 Å². The van der Waals surface area contributed by atoms with Gasteiger partial charge in [-0.15, -0.1) is 0 Å². The van der Waals surface area contributed by atoms with Gasteiger partial charge in [0.2, 0.25) is 5.82 Å². The Bertz CT molecular complexity index is 582. The minimum atomic E-state index is -0.903. The van der Waals surface area contributed by atoms with Crippen molar-refractivity contribution in [3.8, 4) is 5.75 Å². The van der Waals surface area contributed by atoms with Gasteiger partial charge in [0.15, 0.2) is 11.6 Å². The van der Waals surface area contributed by atoms with Gasteiger partial charge in [0.1, 0.15) is 0 Å². The lowest BCUT2D eigenvalue weighted by Crippen LogP contribution is -2.01. The molecule has 0 N–H and O–H groups in total. The highest BCUT2D eigenvalue weighted by atomic mass is 79.9. The molecule has 0 saturated carbocycles. The van der Waals surface area contributed by atoms with E-state index in [1.54, 1.807) is 13.0 Å². The lowest BCUT2D eigenvalue weighted by molar-refractivity contribution is 0.313. The van der Waals surface area contributed by atoms with Crippen molar-refractivity contribution in [2.24, 2.45) is 0 Å². The summed E-state index contributed by atoms with van der Waals surface area (Å²) < 4.78 is 33.6. The molecule has 2 aromatic rings. The maximum Gasteiger partial charge on any atom is 0.200 e. The van der Waals surface area contributed by atoms with E-state index in [1.807, 2.05) is 24.3 Å². The summed E-state index contributed by atoms with van der Waals surface area (Å²) in [7, 11) is 0. The molecule has 0 radical (unpaired) electrons. The summed E-state index contributed by atoms with van der Waals surface area (Å²) in [5, 5.41) is 0. The Balaban J connectivity index is 2.10. The molecule has 0 fully saturated rings. The number of ether oxygens (including phenoxy) is 1. The zero-order chi connectivity index (χ0) is 14.5. The van der Waals surface area contributed by atoms with Gasteiger partial charge in [-0.05, 0) is 49.1 Å². The number of rotatable bonds is 5. The zero-order valence-electron chi connectivity index (χ0n) is 11.1. The first kappa shape index (κ1) is 15.0. The SMILES string of the molecule is CCOc1ccc(CCc2ccc(Br)cc2)c(F)c1F. The number of hydrogen-bond donors (Lipinski definition) is 0. The fourth-order valence-electron chi connectivity index (χ4n) is 1.96. The van der Waals surface area contributed by atoms with Gasteiger partial charge in [-0.25, -0.2) is 4.39 Å². The van der Waals surface area contributed by atoms with Crippen LogP contribution in [0.25, 0.3) is 0 Å². The average Bonchev–Trinajstić information content (AvgIpc) is 2.45. The molecule has 0 bridgehead atoms. The summed E-state index contributed by atoms with van der Waals surface area (Å²) in [6, 6.07) is 10.9. The van der Waals surface area contributed by atoms with Crippen molar-refractivity contribution < 1.29 is 13.5 Å². The molecule has 0 aliphatic carbocycles. The van der Waals surface area contributed by atoms with Crippen molar-refractivity contribution in [3.63, 3.8) is 0 Å². The molecule has 0 aliphatic rings. The fraction of sp³-hybridized carbons (Fsp3) is 0.250. The summed E-state index contributed by atoms with van der Waals surface area (Å²) in [5.41, 5.74) is 1.45. The molecule has 2 rings (SSSR count). The Hall–Kier alpha value is -1.42. The molecule has 106 valence electrons. The second-order valence-corrected chi connectivity index (χ2v) is 5.33. The molecule has 0 unspecified atom stereocenters. The predicted molar refractivity (Wildman–Crippen MR) is 79.1 cm³/mol. The second kappa shape index (κ2) is 6.84. The summed E-state index contributed by atoms with van der Waals surface area (Å²) in [4.78, 5) is 0. The number of benzene rings is 2. The minimum Gasteiger partial charge on any atom is -0.491 e. The first-order valence-corrected chi connectivity index (χ1v) is 7.25. The molecule has 0 aromatic heterocycles. The maximum atomic E-state index is 13.9.